The smallest absolute Gasteiger partial charge is 0.261 e. The zero-order valence-electron chi connectivity index (χ0n) is 35.6. The van der Waals surface area contributed by atoms with Crippen LogP contribution in [0.25, 0.3) is 0 Å². The minimum atomic E-state index is -0.998. The van der Waals surface area contributed by atoms with Crippen molar-refractivity contribution < 1.29 is 23.9 Å². The van der Waals surface area contributed by atoms with Gasteiger partial charge in [-0.3, -0.25) is 29.4 Å². The maximum atomic E-state index is 13.5. The number of benzene rings is 3. The molecule has 0 radical (unpaired) electrons. The molecule has 4 aliphatic rings. The Bertz CT molecular complexity index is 2380. The highest BCUT2D eigenvalue weighted by Crippen LogP contribution is 2.42. The lowest BCUT2D eigenvalue weighted by Gasteiger charge is -2.55. The number of nitrogens with one attached hydrogen (secondary N) is 1. The normalized spacial score (nSPS) is 19.4. The third kappa shape index (κ3) is 9.17. The highest BCUT2D eigenvalue weighted by atomic mass is 35.5. The van der Waals surface area contributed by atoms with E-state index in [-0.39, 0.29) is 18.3 Å². The largest absolute Gasteiger partial charge is 0.487 e. The highest BCUT2D eigenvalue weighted by Gasteiger charge is 2.45. The molecule has 62 heavy (non-hydrogen) atoms. The van der Waals surface area contributed by atoms with Crippen molar-refractivity contribution in [3.63, 3.8) is 0 Å². The van der Waals surface area contributed by atoms with Crippen LogP contribution < -0.4 is 19.9 Å². The fourth-order valence-electron chi connectivity index (χ4n) is 9.58. The number of aromatic nitrogens is 2. The quantitative estimate of drug-likeness (QED) is 0.124. The van der Waals surface area contributed by atoms with Crippen LogP contribution in [-0.2, 0) is 26.4 Å². The average Bonchev–Trinajstić information content (AvgIpc) is 3.26. The maximum Gasteiger partial charge on any atom is 0.261 e. The number of likely N-dealkylation sites (tertiary alicyclic amines) is 1. The van der Waals surface area contributed by atoms with Crippen molar-refractivity contribution in [3.05, 3.63) is 111 Å². The summed E-state index contributed by atoms with van der Waals surface area (Å²) in [4.78, 5) is 67.3. The lowest BCUT2D eigenvalue weighted by molar-refractivity contribution is -0.139. The van der Waals surface area contributed by atoms with E-state index in [1.54, 1.807) is 6.07 Å². The van der Waals surface area contributed by atoms with Crippen molar-refractivity contribution in [1.29, 1.82) is 5.26 Å². The van der Waals surface area contributed by atoms with Crippen LogP contribution in [0.2, 0.25) is 5.02 Å². The number of hydrogen-bond donors (Lipinski definition) is 1. The van der Waals surface area contributed by atoms with E-state index in [2.05, 4.69) is 57.0 Å². The summed E-state index contributed by atoms with van der Waals surface area (Å²) in [5.74, 6) is 0.556. The Morgan fingerprint density at radius 1 is 0.984 bits per heavy atom. The zero-order valence-corrected chi connectivity index (χ0v) is 36.4. The molecule has 322 valence electrons. The molecule has 8 rings (SSSR count). The molecule has 4 amide bonds. The lowest BCUT2D eigenvalue weighted by atomic mass is 9.71. The molecule has 3 aromatic carbocycles. The van der Waals surface area contributed by atoms with Gasteiger partial charge in [0.15, 0.2) is 0 Å². The number of amides is 4. The second kappa shape index (κ2) is 17.9. The molecule has 5 heterocycles. The molecule has 4 aromatic rings. The Balaban J connectivity index is 0.778. The van der Waals surface area contributed by atoms with Gasteiger partial charge in [-0.2, -0.15) is 5.26 Å². The molecule has 4 aliphatic heterocycles. The van der Waals surface area contributed by atoms with Crippen LogP contribution in [0.1, 0.15) is 90.7 Å². The SMILES string of the molecule is Cc1ccc(N2CCC(CN3CC4(CCN(c5nccc(COc6ccc(C(C)(C)c7cc(Cl)cc(C#N)c7)cc6)n5)CC4)C3)CC2)cc1C(=O)N(C=O)C1CCC(=O)NC1=O. The molecule has 13 nitrogen and oxygen atoms in total. The molecule has 0 aliphatic carbocycles. The molecule has 1 unspecified atom stereocenters. The first-order valence-electron chi connectivity index (χ1n) is 21.5. The van der Waals surface area contributed by atoms with Crippen LogP contribution in [0.15, 0.2) is 72.9 Å². The first kappa shape index (κ1) is 42.8. The molecule has 4 saturated heterocycles. The van der Waals surface area contributed by atoms with Gasteiger partial charge < -0.3 is 19.4 Å². The summed E-state index contributed by atoms with van der Waals surface area (Å²) >= 11 is 6.31. The Morgan fingerprint density at radius 2 is 1.73 bits per heavy atom. The molecule has 14 heteroatoms. The number of piperidine rings is 3. The van der Waals surface area contributed by atoms with Crippen molar-refractivity contribution in [1.82, 2.24) is 25.1 Å². The topological polar surface area (TPSA) is 152 Å². The number of anilines is 2. The molecule has 4 fully saturated rings. The molecule has 1 spiro atoms. The van der Waals surface area contributed by atoms with E-state index >= 15 is 0 Å². The van der Waals surface area contributed by atoms with Gasteiger partial charge in [0.2, 0.25) is 24.2 Å². The molecular formula is C48H53ClN8O5. The van der Waals surface area contributed by atoms with E-state index in [1.165, 1.54) is 0 Å². The van der Waals surface area contributed by atoms with E-state index < -0.39 is 23.8 Å². The second-order valence-corrected chi connectivity index (χ2v) is 18.4. The molecular weight excluding hydrogens is 804 g/mol. The molecule has 1 aromatic heterocycles. The zero-order chi connectivity index (χ0) is 43.6. The standard InChI is InChI=1S/C48H53ClN8O5/c1-32-4-7-39(25-41(32)45(61)57(31-58)42-10-11-43(59)53-44(42)60)55-18-13-33(14-19-55)27-54-29-48(30-54)15-20-56(21-16-48)46-51-17-12-38(52-46)28-62-40-8-5-35(6-9-40)47(2,3)36-22-34(26-50)23-37(49)24-36/h4-9,12,17,22-25,31,33,42H,10-11,13-16,18-21,27-30H2,1-3H3,(H,53,59,60). The van der Waals surface area contributed by atoms with Crippen molar-refractivity contribution in [3.8, 4) is 11.8 Å². The van der Waals surface area contributed by atoms with Crippen LogP contribution in [0.5, 0.6) is 5.75 Å². The van der Waals surface area contributed by atoms with Gasteiger partial charge in [-0.15, -0.1) is 0 Å². The van der Waals surface area contributed by atoms with Crippen molar-refractivity contribution in [2.24, 2.45) is 11.3 Å². The minimum Gasteiger partial charge on any atom is -0.487 e. The van der Waals surface area contributed by atoms with E-state index in [0.717, 1.165) is 116 Å². The number of halogens is 1. The number of carbonyl (C=O) groups excluding carboxylic acids is 4. The summed E-state index contributed by atoms with van der Waals surface area (Å²) in [5, 5.41) is 12.2. The lowest BCUT2D eigenvalue weighted by Crippen LogP contribution is -2.61. The number of aryl methyl sites for hydroxylation is 1. The van der Waals surface area contributed by atoms with Gasteiger partial charge in [0.25, 0.3) is 5.91 Å². The summed E-state index contributed by atoms with van der Waals surface area (Å²) in [5.41, 5.74) is 5.47. The average molecular weight is 857 g/mol. The Kier molecular flexibility index (Phi) is 12.3. The summed E-state index contributed by atoms with van der Waals surface area (Å²) < 4.78 is 6.15. The Labute approximate surface area is 368 Å². The molecule has 1 N–H and O–H groups in total. The number of nitriles is 1. The number of hydrogen-bond acceptors (Lipinski definition) is 11. The monoisotopic (exact) mass is 856 g/mol. The fraction of sp³-hybridized carbons (Fsp3) is 0.438. The number of carbonyl (C=O) groups is 4. The summed E-state index contributed by atoms with van der Waals surface area (Å²) in [6.07, 6.45) is 6.76. The van der Waals surface area contributed by atoms with Crippen LogP contribution in [0.4, 0.5) is 11.6 Å². The van der Waals surface area contributed by atoms with E-state index in [4.69, 9.17) is 21.3 Å². The van der Waals surface area contributed by atoms with Crippen molar-refractivity contribution in [2.45, 2.75) is 77.4 Å². The third-order valence-electron chi connectivity index (χ3n) is 13.5. The van der Waals surface area contributed by atoms with Crippen molar-refractivity contribution >= 4 is 47.4 Å². The van der Waals surface area contributed by atoms with Gasteiger partial charge >= 0.3 is 0 Å². The first-order chi connectivity index (χ1) is 29.8. The molecule has 1 atom stereocenters. The third-order valence-corrected chi connectivity index (χ3v) is 13.7. The van der Waals surface area contributed by atoms with E-state index in [1.807, 2.05) is 61.7 Å². The summed E-state index contributed by atoms with van der Waals surface area (Å²) in [7, 11) is 0. The van der Waals surface area contributed by atoms with Gasteiger partial charge in [-0.05, 0) is 116 Å². The predicted molar refractivity (Wildman–Crippen MR) is 236 cm³/mol. The highest BCUT2D eigenvalue weighted by molar-refractivity contribution is 6.30. The molecule has 0 bridgehead atoms. The van der Waals surface area contributed by atoms with Crippen LogP contribution >= 0.6 is 11.6 Å². The first-order valence-corrected chi connectivity index (χ1v) is 21.9. The van der Waals surface area contributed by atoms with Gasteiger partial charge in [0.1, 0.15) is 18.4 Å². The number of imide groups is 2. The van der Waals surface area contributed by atoms with Gasteiger partial charge in [-0.25, -0.2) is 9.97 Å². The fourth-order valence-corrected chi connectivity index (χ4v) is 9.81. The van der Waals surface area contributed by atoms with Crippen LogP contribution in [0.3, 0.4) is 0 Å². The van der Waals surface area contributed by atoms with Crippen LogP contribution in [0, 0.1) is 29.6 Å². The summed E-state index contributed by atoms with van der Waals surface area (Å²) in [6.45, 7) is 13.3. The maximum absolute atomic E-state index is 13.5. The Morgan fingerprint density at radius 3 is 2.42 bits per heavy atom. The predicted octanol–water partition coefficient (Wildman–Crippen LogP) is 6.44. The minimum absolute atomic E-state index is 0.0838. The van der Waals surface area contributed by atoms with Gasteiger partial charge in [0, 0.05) is 80.1 Å². The van der Waals surface area contributed by atoms with Crippen LogP contribution in [-0.4, -0.2) is 95.8 Å². The number of rotatable bonds is 12. The van der Waals surface area contributed by atoms with E-state index in [0.29, 0.717) is 40.5 Å². The number of ether oxygens (including phenoxy) is 1. The second-order valence-electron chi connectivity index (χ2n) is 18.0. The number of nitrogens with zero attached hydrogens (tertiary/aromatic N) is 7. The molecule has 0 saturated carbocycles. The van der Waals surface area contributed by atoms with Gasteiger partial charge in [0.05, 0.1) is 17.3 Å². The van der Waals surface area contributed by atoms with Crippen molar-refractivity contribution in [2.75, 3.05) is 55.6 Å². The summed E-state index contributed by atoms with van der Waals surface area (Å²) in [6, 6.07) is 22.4. The Hall–Kier alpha value is -5.84. The van der Waals surface area contributed by atoms with Gasteiger partial charge in [-0.1, -0.05) is 43.6 Å². The van der Waals surface area contributed by atoms with E-state index in [9.17, 15) is 24.4 Å².